The van der Waals surface area contributed by atoms with Gasteiger partial charge in [-0.3, -0.25) is 4.79 Å². The second kappa shape index (κ2) is 4.90. The fourth-order valence-corrected chi connectivity index (χ4v) is 3.47. The Labute approximate surface area is 115 Å². The van der Waals surface area contributed by atoms with E-state index < -0.39 is 0 Å². The minimum atomic E-state index is -0.298. The van der Waals surface area contributed by atoms with Crippen LogP contribution in [0.15, 0.2) is 11.4 Å². The third-order valence-corrected chi connectivity index (χ3v) is 4.22. The van der Waals surface area contributed by atoms with E-state index in [1.807, 2.05) is 25.3 Å². The first-order chi connectivity index (χ1) is 9.15. The van der Waals surface area contributed by atoms with Gasteiger partial charge in [-0.25, -0.2) is 4.98 Å². The Bertz CT molecular complexity index is 630. The molecule has 1 amide bonds. The minimum Gasteiger partial charge on any atom is -0.368 e. The van der Waals surface area contributed by atoms with E-state index in [0.29, 0.717) is 6.61 Å². The van der Waals surface area contributed by atoms with Crippen LogP contribution in [0.25, 0.3) is 10.2 Å². The summed E-state index contributed by atoms with van der Waals surface area (Å²) in [5.74, 6) is -0.0443. The summed E-state index contributed by atoms with van der Waals surface area (Å²) in [7, 11) is 0. The molecule has 3 heterocycles. The van der Waals surface area contributed by atoms with Crippen molar-refractivity contribution in [2.45, 2.75) is 32.8 Å². The zero-order valence-corrected chi connectivity index (χ0v) is 11.8. The molecule has 0 spiro atoms. The number of anilines is 1. The number of carbonyl (C=O) groups excluding carboxylic acids is 1. The van der Waals surface area contributed by atoms with E-state index in [0.717, 1.165) is 40.0 Å². The van der Waals surface area contributed by atoms with Crippen LogP contribution in [0.4, 0.5) is 5.69 Å². The SMILES string of the molecule is Cc1cc(C)c2c(NC(=O)C3CCCO3)csc2n1. The maximum atomic E-state index is 12.1. The Morgan fingerprint density at radius 3 is 3.11 bits per heavy atom. The lowest BCUT2D eigenvalue weighted by atomic mass is 10.1. The molecule has 1 N–H and O–H groups in total. The summed E-state index contributed by atoms with van der Waals surface area (Å²) in [6.45, 7) is 4.71. The maximum absolute atomic E-state index is 12.1. The second-order valence-electron chi connectivity index (χ2n) is 4.90. The highest BCUT2D eigenvalue weighted by molar-refractivity contribution is 7.17. The number of nitrogens with zero attached hydrogens (tertiary/aromatic N) is 1. The Hall–Kier alpha value is -1.46. The number of hydrogen-bond acceptors (Lipinski definition) is 4. The molecule has 1 atom stereocenters. The summed E-state index contributed by atoms with van der Waals surface area (Å²) >= 11 is 1.56. The van der Waals surface area contributed by atoms with E-state index in [4.69, 9.17) is 4.74 Å². The van der Waals surface area contributed by atoms with Gasteiger partial charge in [-0.05, 0) is 38.3 Å². The predicted octanol–water partition coefficient (Wildman–Crippen LogP) is 3.03. The number of aryl methyl sites for hydroxylation is 2. The molecule has 4 nitrogen and oxygen atoms in total. The van der Waals surface area contributed by atoms with Crippen LogP contribution in [0, 0.1) is 13.8 Å². The molecule has 2 aromatic heterocycles. The topological polar surface area (TPSA) is 51.2 Å². The number of pyridine rings is 1. The molecule has 0 bridgehead atoms. The van der Waals surface area contributed by atoms with Crippen LogP contribution < -0.4 is 5.32 Å². The number of thiophene rings is 1. The highest BCUT2D eigenvalue weighted by atomic mass is 32.1. The van der Waals surface area contributed by atoms with Gasteiger partial charge in [0.05, 0.1) is 5.69 Å². The van der Waals surface area contributed by atoms with E-state index >= 15 is 0 Å². The van der Waals surface area contributed by atoms with Gasteiger partial charge in [0.25, 0.3) is 5.91 Å². The maximum Gasteiger partial charge on any atom is 0.253 e. The van der Waals surface area contributed by atoms with Crippen LogP contribution in [-0.2, 0) is 9.53 Å². The van der Waals surface area contributed by atoms with Crippen molar-refractivity contribution in [2.75, 3.05) is 11.9 Å². The summed E-state index contributed by atoms with van der Waals surface area (Å²) in [5, 5.41) is 5.97. The van der Waals surface area contributed by atoms with Crippen molar-refractivity contribution in [1.29, 1.82) is 0 Å². The highest BCUT2D eigenvalue weighted by Crippen LogP contribution is 2.32. The second-order valence-corrected chi connectivity index (χ2v) is 5.76. The molecule has 0 saturated carbocycles. The number of hydrogen-bond donors (Lipinski definition) is 1. The van der Waals surface area contributed by atoms with Gasteiger partial charge in [0.15, 0.2) is 0 Å². The van der Waals surface area contributed by atoms with Crippen molar-refractivity contribution in [1.82, 2.24) is 4.98 Å². The molecule has 1 fully saturated rings. The summed E-state index contributed by atoms with van der Waals surface area (Å²) < 4.78 is 5.40. The summed E-state index contributed by atoms with van der Waals surface area (Å²) in [6, 6.07) is 2.04. The normalized spacial score (nSPS) is 18.9. The Kier molecular flexibility index (Phi) is 3.24. The Balaban J connectivity index is 1.91. The van der Waals surface area contributed by atoms with Crippen LogP contribution in [0.3, 0.4) is 0 Å². The van der Waals surface area contributed by atoms with Gasteiger partial charge in [0, 0.05) is 23.1 Å². The van der Waals surface area contributed by atoms with Crippen molar-refractivity contribution in [3.63, 3.8) is 0 Å². The number of rotatable bonds is 2. The zero-order chi connectivity index (χ0) is 13.4. The molecule has 5 heteroatoms. The number of nitrogens with one attached hydrogen (secondary N) is 1. The molecule has 1 saturated heterocycles. The van der Waals surface area contributed by atoms with Gasteiger partial charge < -0.3 is 10.1 Å². The number of fused-ring (bicyclic) bond motifs is 1. The van der Waals surface area contributed by atoms with Crippen molar-refractivity contribution in [3.8, 4) is 0 Å². The lowest BCUT2D eigenvalue weighted by molar-refractivity contribution is -0.124. The number of amides is 1. The lowest BCUT2D eigenvalue weighted by Gasteiger charge is -2.10. The van der Waals surface area contributed by atoms with Gasteiger partial charge in [0.1, 0.15) is 10.9 Å². The molecule has 1 unspecified atom stereocenters. The molecule has 2 aromatic rings. The first-order valence-electron chi connectivity index (χ1n) is 6.43. The van der Waals surface area contributed by atoms with E-state index in [9.17, 15) is 4.79 Å². The average Bonchev–Trinajstić information content (AvgIpc) is 2.98. The lowest BCUT2D eigenvalue weighted by Crippen LogP contribution is -2.26. The number of aromatic nitrogens is 1. The van der Waals surface area contributed by atoms with E-state index in [-0.39, 0.29) is 12.0 Å². The average molecular weight is 276 g/mol. The van der Waals surface area contributed by atoms with Crippen LogP contribution >= 0.6 is 11.3 Å². The van der Waals surface area contributed by atoms with Crippen molar-refractivity contribution >= 4 is 33.1 Å². The summed E-state index contributed by atoms with van der Waals surface area (Å²) in [4.78, 5) is 17.6. The quantitative estimate of drug-likeness (QED) is 0.917. The molecule has 1 aliphatic rings. The van der Waals surface area contributed by atoms with Crippen molar-refractivity contribution < 1.29 is 9.53 Å². The first-order valence-corrected chi connectivity index (χ1v) is 7.31. The molecule has 3 rings (SSSR count). The molecule has 19 heavy (non-hydrogen) atoms. The third kappa shape index (κ3) is 2.35. The molecular weight excluding hydrogens is 260 g/mol. The van der Waals surface area contributed by atoms with E-state index in [2.05, 4.69) is 10.3 Å². The standard InChI is InChI=1S/C14H16N2O2S/c1-8-6-9(2)15-14-12(8)10(7-19-14)16-13(17)11-4-3-5-18-11/h6-7,11H,3-5H2,1-2H3,(H,16,17). The van der Waals surface area contributed by atoms with Crippen LogP contribution in [0.5, 0.6) is 0 Å². The van der Waals surface area contributed by atoms with Crippen molar-refractivity contribution in [2.24, 2.45) is 0 Å². The number of carbonyl (C=O) groups is 1. The molecule has 100 valence electrons. The monoisotopic (exact) mass is 276 g/mol. The van der Waals surface area contributed by atoms with Gasteiger partial charge in [-0.2, -0.15) is 0 Å². The van der Waals surface area contributed by atoms with Gasteiger partial charge in [-0.15, -0.1) is 11.3 Å². The van der Waals surface area contributed by atoms with Gasteiger partial charge in [-0.1, -0.05) is 0 Å². The van der Waals surface area contributed by atoms with Crippen LogP contribution in [0.2, 0.25) is 0 Å². The fourth-order valence-electron chi connectivity index (χ4n) is 2.48. The van der Waals surface area contributed by atoms with Gasteiger partial charge >= 0.3 is 0 Å². The summed E-state index contributed by atoms with van der Waals surface area (Å²) in [6.07, 6.45) is 1.47. The number of ether oxygens (including phenoxy) is 1. The van der Waals surface area contributed by atoms with Gasteiger partial charge in [0.2, 0.25) is 0 Å². The van der Waals surface area contributed by atoms with Crippen molar-refractivity contribution in [3.05, 3.63) is 22.7 Å². The summed E-state index contributed by atoms with van der Waals surface area (Å²) in [5.41, 5.74) is 3.00. The van der Waals surface area contributed by atoms with E-state index in [1.54, 1.807) is 11.3 Å². The molecule has 0 aliphatic carbocycles. The highest BCUT2D eigenvalue weighted by Gasteiger charge is 2.24. The predicted molar refractivity (Wildman–Crippen MR) is 76.7 cm³/mol. The zero-order valence-electron chi connectivity index (χ0n) is 11.0. The fraction of sp³-hybridized carbons (Fsp3) is 0.429. The molecular formula is C14H16N2O2S. The van der Waals surface area contributed by atoms with Crippen LogP contribution in [0.1, 0.15) is 24.1 Å². The molecule has 0 aromatic carbocycles. The Morgan fingerprint density at radius 2 is 2.37 bits per heavy atom. The molecule has 1 aliphatic heterocycles. The largest absolute Gasteiger partial charge is 0.368 e. The van der Waals surface area contributed by atoms with Crippen LogP contribution in [-0.4, -0.2) is 23.6 Å². The van der Waals surface area contributed by atoms with E-state index in [1.165, 1.54) is 0 Å². The molecule has 0 radical (unpaired) electrons. The Morgan fingerprint density at radius 1 is 1.53 bits per heavy atom. The smallest absolute Gasteiger partial charge is 0.253 e. The first kappa shape index (κ1) is 12.6. The third-order valence-electron chi connectivity index (χ3n) is 3.35. The minimum absolute atomic E-state index is 0.0443.